The monoisotopic (exact) mass is 420 g/mol. The number of aromatic amines is 1. The van der Waals surface area contributed by atoms with E-state index in [2.05, 4.69) is 22.2 Å². The van der Waals surface area contributed by atoms with Gasteiger partial charge in [-0.05, 0) is 29.7 Å². The molecule has 2 amide bonds. The summed E-state index contributed by atoms with van der Waals surface area (Å²) in [6, 6.07) is 15.5. The molecule has 7 heteroatoms. The minimum Gasteiger partial charge on any atom is -0.356 e. The van der Waals surface area contributed by atoms with Gasteiger partial charge in [0.05, 0.1) is 6.04 Å². The van der Waals surface area contributed by atoms with Gasteiger partial charge in [-0.3, -0.25) is 9.59 Å². The molecule has 0 fully saturated rings. The van der Waals surface area contributed by atoms with E-state index < -0.39 is 0 Å². The third kappa shape index (κ3) is 2.99. The van der Waals surface area contributed by atoms with Crippen molar-refractivity contribution in [1.82, 2.24) is 14.9 Å². The molecule has 2 aliphatic rings. The molecule has 0 aliphatic carbocycles. The Morgan fingerprint density at radius 3 is 2.67 bits per heavy atom. The molecular weight excluding hydrogens is 400 g/mol. The zero-order valence-corrected chi connectivity index (χ0v) is 17.3. The van der Waals surface area contributed by atoms with Crippen LogP contribution in [0.3, 0.4) is 0 Å². The smallest absolute Gasteiger partial charge is 0.270 e. The second-order valence-electron chi connectivity index (χ2n) is 7.70. The summed E-state index contributed by atoms with van der Waals surface area (Å²) < 4.78 is 0. The number of amides is 2. The van der Waals surface area contributed by atoms with E-state index in [1.165, 1.54) is 16.0 Å². The number of aromatic nitrogens is 1. The molecular formula is C23H21ClN4O2. The largest absolute Gasteiger partial charge is 0.356 e. The summed E-state index contributed by atoms with van der Waals surface area (Å²) in [5, 5.41) is 7.31. The highest BCUT2D eigenvalue weighted by atomic mass is 35.5. The average molecular weight is 421 g/mol. The third-order valence-electron chi connectivity index (χ3n) is 5.95. The van der Waals surface area contributed by atoms with Crippen molar-refractivity contribution in [3.05, 3.63) is 70.4 Å². The van der Waals surface area contributed by atoms with Crippen LogP contribution in [-0.2, 0) is 16.0 Å². The summed E-state index contributed by atoms with van der Waals surface area (Å²) in [6.07, 6.45) is 1.39. The van der Waals surface area contributed by atoms with Gasteiger partial charge in [-0.15, -0.1) is 0 Å². The first kappa shape index (κ1) is 18.9. The second-order valence-corrected chi connectivity index (χ2v) is 8.11. The first-order chi connectivity index (χ1) is 14.5. The fourth-order valence-electron chi connectivity index (χ4n) is 4.47. The van der Waals surface area contributed by atoms with Gasteiger partial charge in [-0.25, -0.2) is 5.01 Å². The first-order valence-electron chi connectivity index (χ1n) is 10.0. The van der Waals surface area contributed by atoms with E-state index in [1.54, 1.807) is 7.05 Å². The molecule has 3 aromatic rings. The molecule has 0 unspecified atom stereocenters. The van der Waals surface area contributed by atoms with Gasteiger partial charge in [0.25, 0.3) is 5.91 Å². The normalized spacial score (nSPS) is 19.1. The van der Waals surface area contributed by atoms with Gasteiger partial charge < -0.3 is 9.88 Å². The van der Waals surface area contributed by atoms with E-state index in [0.29, 0.717) is 30.1 Å². The van der Waals surface area contributed by atoms with E-state index in [9.17, 15) is 9.59 Å². The Bertz CT molecular complexity index is 1200. The maximum Gasteiger partial charge on any atom is 0.270 e. The number of hydrazone groups is 1. The van der Waals surface area contributed by atoms with Crippen molar-refractivity contribution in [3.63, 3.8) is 0 Å². The number of fused-ring (bicyclic) bond motifs is 3. The van der Waals surface area contributed by atoms with Crippen LogP contribution in [0.5, 0.6) is 0 Å². The van der Waals surface area contributed by atoms with Crippen LogP contribution < -0.4 is 0 Å². The number of H-pyrrole nitrogens is 1. The summed E-state index contributed by atoms with van der Waals surface area (Å²) in [7, 11) is 1.59. The Labute approximate surface area is 179 Å². The van der Waals surface area contributed by atoms with Crippen molar-refractivity contribution in [2.24, 2.45) is 5.10 Å². The summed E-state index contributed by atoms with van der Waals surface area (Å²) >= 11 is 6.59. The van der Waals surface area contributed by atoms with Gasteiger partial charge in [0, 0.05) is 48.1 Å². The Morgan fingerprint density at radius 1 is 1.10 bits per heavy atom. The molecule has 1 atom stereocenters. The number of carbonyl (C=O) groups is 2. The molecule has 2 aromatic carbocycles. The number of nitrogens with one attached hydrogen (secondary N) is 1. The Morgan fingerprint density at radius 2 is 1.87 bits per heavy atom. The van der Waals surface area contributed by atoms with Crippen LogP contribution in [0.2, 0.25) is 5.02 Å². The van der Waals surface area contributed by atoms with Crippen LogP contribution >= 0.6 is 11.6 Å². The van der Waals surface area contributed by atoms with Gasteiger partial charge in [0.1, 0.15) is 5.71 Å². The lowest BCUT2D eigenvalue weighted by atomic mass is 9.91. The standard InChI is InChI=1S/C23H21ClN4O2/c1-27-20(29)11-10-19(26-27)23(30)28-13-12-15-14-6-3-5-9-18(14)25-21(15)22(28)16-7-2-4-8-17(16)24/h2-9,22,25H,10-13H2,1H3/t22-/m1/s1. The number of hydrogen-bond donors (Lipinski definition) is 1. The highest BCUT2D eigenvalue weighted by Crippen LogP contribution is 2.40. The van der Waals surface area contributed by atoms with Gasteiger partial charge in [-0.1, -0.05) is 48.0 Å². The molecule has 0 saturated carbocycles. The molecule has 2 aliphatic heterocycles. The molecule has 0 radical (unpaired) electrons. The van der Waals surface area contributed by atoms with Gasteiger partial charge in [0.2, 0.25) is 5.91 Å². The van der Waals surface area contributed by atoms with Crippen molar-refractivity contribution in [2.45, 2.75) is 25.3 Å². The lowest BCUT2D eigenvalue weighted by molar-refractivity contribution is -0.131. The number of carbonyl (C=O) groups excluding carboxylic acids is 2. The van der Waals surface area contributed by atoms with Crippen molar-refractivity contribution < 1.29 is 9.59 Å². The van der Waals surface area contributed by atoms with Crippen LogP contribution in [0.15, 0.2) is 53.6 Å². The fraction of sp³-hybridized carbons (Fsp3) is 0.261. The molecule has 0 bridgehead atoms. The summed E-state index contributed by atoms with van der Waals surface area (Å²) in [6.45, 7) is 0.556. The lowest BCUT2D eigenvalue weighted by Gasteiger charge is -2.37. The highest BCUT2D eigenvalue weighted by molar-refractivity contribution is 6.39. The van der Waals surface area contributed by atoms with E-state index in [0.717, 1.165) is 23.2 Å². The topological polar surface area (TPSA) is 68.8 Å². The van der Waals surface area contributed by atoms with Crippen molar-refractivity contribution in [1.29, 1.82) is 0 Å². The third-order valence-corrected chi connectivity index (χ3v) is 6.29. The molecule has 30 heavy (non-hydrogen) atoms. The minimum absolute atomic E-state index is 0.0780. The number of halogens is 1. The second kappa shape index (κ2) is 7.29. The number of nitrogens with zero attached hydrogens (tertiary/aromatic N) is 3. The number of hydrogen-bond acceptors (Lipinski definition) is 3. The maximum atomic E-state index is 13.5. The fourth-order valence-corrected chi connectivity index (χ4v) is 4.71. The summed E-state index contributed by atoms with van der Waals surface area (Å²) in [5.74, 6) is -0.227. The number of para-hydroxylation sites is 1. The predicted molar refractivity (Wildman–Crippen MR) is 116 cm³/mol. The SMILES string of the molecule is CN1N=C(C(=O)N2CCc3c([nH]c4ccccc34)[C@H]2c2ccccc2Cl)CCC1=O. The Kier molecular flexibility index (Phi) is 4.59. The van der Waals surface area contributed by atoms with Crippen LogP contribution in [-0.4, -0.2) is 46.0 Å². The quantitative estimate of drug-likeness (QED) is 0.683. The van der Waals surface area contributed by atoms with Crippen LogP contribution in [0.1, 0.15) is 35.7 Å². The van der Waals surface area contributed by atoms with E-state index in [-0.39, 0.29) is 17.9 Å². The first-order valence-corrected chi connectivity index (χ1v) is 10.4. The van der Waals surface area contributed by atoms with Crippen LogP contribution in [0, 0.1) is 0 Å². The lowest BCUT2D eigenvalue weighted by Crippen LogP contribution is -2.46. The molecule has 6 nitrogen and oxygen atoms in total. The van der Waals surface area contributed by atoms with Crippen molar-refractivity contribution in [3.8, 4) is 0 Å². The van der Waals surface area contributed by atoms with E-state index in [4.69, 9.17) is 11.6 Å². The van der Waals surface area contributed by atoms with E-state index >= 15 is 0 Å². The maximum absolute atomic E-state index is 13.5. The van der Waals surface area contributed by atoms with Crippen molar-refractivity contribution in [2.75, 3.05) is 13.6 Å². The average Bonchev–Trinajstić information content (AvgIpc) is 3.14. The molecule has 152 valence electrons. The van der Waals surface area contributed by atoms with Gasteiger partial charge in [0.15, 0.2) is 0 Å². The van der Waals surface area contributed by atoms with Crippen LogP contribution in [0.25, 0.3) is 10.9 Å². The molecule has 3 heterocycles. The molecule has 0 saturated heterocycles. The predicted octanol–water partition coefficient (Wildman–Crippen LogP) is 3.90. The molecule has 5 rings (SSSR count). The van der Waals surface area contributed by atoms with Crippen molar-refractivity contribution >= 4 is 40.0 Å². The Hall–Kier alpha value is -3.12. The highest BCUT2D eigenvalue weighted by Gasteiger charge is 2.37. The molecule has 1 N–H and O–H groups in total. The summed E-state index contributed by atoms with van der Waals surface area (Å²) in [5.41, 5.74) is 4.55. The number of benzene rings is 2. The minimum atomic E-state index is -0.340. The zero-order chi connectivity index (χ0) is 20.8. The van der Waals surface area contributed by atoms with Gasteiger partial charge in [-0.2, -0.15) is 5.10 Å². The zero-order valence-electron chi connectivity index (χ0n) is 16.6. The van der Waals surface area contributed by atoms with Crippen LogP contribution in [0.4, 0.5) is 0 Å². The van der Waals surface area contributed by atoms with Gasteiger partial charge >= 0.3 is 0 Å². The molecule has 1 aromatic heterocycles. The number of rotatable bonds is 2. The molecule has 0 spiro atoms. The van der Waals surface area contributed by atoms with E-state index in [1.807, 2.05) is 41.3 Å². The Balaban J connectivity index is 1.64. The summed E-state index contributed by atoms with van der Waals surface area (Å²) in [4.78, 5) is 30.7.